The average molecular weight is 800 g/mol. The largest absolute Gasteiger partial charge is 0.460 e. The summed E-state index contributed by atoms with van der Waals surface area (Å²) in [5, 5.41) is 0. The van der Waals surface area contributed by atoms with Gasteiger partial charge in [0.1, 0.15) is 0 Å². The Morgan fingerprint density at radius 3 is 0.417 bits per heavy atom. The molecular formula is C16F32. The molecule has 2 aliphatic carbocycles. The van der Waals surface area contributed by atoms with Crippen molar-refractivity contribution in [2.45, 2.75) is 94.8 Å². The lowest BCUT2D eigenvalue weighted by Gasteiger charge is -2.63. The summed E-state index contributed by atoms with van der Waals surface area (Å²) in [6.07, 6.45) is -15.0. The molecule has 0 amide bonds. The van der Waals surface area contributed by atoms with Crippen LogP contribution in [0, 0.1) is 0 Å². The molecule has 2 fully saturated rings. The normalized spacial score (nSPS) is 32.0. The smallest absolute Gasteiger partial charge is 0.226 e. The highest BCUT2D eigenvalue weighted by atomic mass is 19.4. The lowest BCUT2D eigenvalue weighted by Crippen LogP contribution is -2.98. The molecule has 0 unspecified atom stereocenters. The highest BCUT2D eigenvalue weighted by Gasteiger charge is 3.15. The number of rotatable bonds is 3. The molecule has 0 heterocycles. The Labute approximate surface area is 237 Å². The van der Waals surface area contributed by atoms with E-state index in [0.29, 0.717) is 0 Å². The molecule has 0 nitrogen and oxygen atoms in total. The zero-order chi connectivity index (χ0) is 40.0. The van der Waals surface area contributed by atoms with E-state index in [1.165, 1.54) is 0 Å². The van der Waals surface area contributed by atoms with Crippen molar-refractivity contribution in [2.75, 3.05) is 0 Å². The van der Waals surface area contributed by atoms with Gasteiger partial charge in [0, 0.05) is 0 Å². The number of halogens is 32. The molecule has 0 aliphatic heterocycles. The van der Waals surface area contributed by atoms with Gasteiger partial charge in [-0.15, -0.1) is 0 Å². The van der Waals surface area contributed by atoms with E-state index in [2.05, 4.69) is 0 Å². The van der Waals surface area contributed by atoms with Crippen molar-refractivity contribution in [2.24, 2.45) is 0 Å². The van der Waals surface area contributed by atoms with Crippen LogP contribution in [0.4, 0.5) is 140 Å². The first kappa shape index (κ1) is 43.8. The van der Waals surface area contributed by atoms with Crippen LogP contribution >= 0.6 is 0 Å². The van der Waals surface area contributed by atoms with Crippen molar-refractivity contribution in [3.63, 3.8) is 0 Å². The van der Waals surface area contributed by atoms with Gasteiger partial charge in [0.05, 0.1) is 0 Å². The monoisotopic (exact) mass is 800 g/mol. The molecule has 288 valence electrons. The van der Waals surface area contributed by atoms with Gasteiger partial charge in [-0.3, -0.25) is 0 Å². The summed E-state index contributed by atoms with van der Waals surface area (Å²) < 4.78 is 407. The first-order valence-corrected chi connectivity index (χ1v) is 10.0. The molecule has 2 aliphatic rings. The Morgan fingerprint density at radius 1 is 0.188 bits per heavy atom. The minimum absolute atomic E-state index is 7.48. The van der Waals surface area contributed by atoms with Crippen LogP contribution in [0.15, 0.2) is 0 Å². The van der Waals surface area contributed by atoms with E-state index in [-0.39, 0.29) is 0 Å². The fourth-order valence-corrected chi connectivity index (χ4v) is 3.66. The van der Waals surface area contributed by atoms with Crippen LogP contribution in [0.1, 0.15) is 0 Å². The van der Waals surface area contributed by atoms with Crippen molar-refractivity contribution in [1.29, 1.82) is 0 Å². The molecule has 0 aromatic carbocycles. The average Bonchev–Trinajstić information content (AvgIpc) is 2.83. The number of hydrogen-bond acceptors (Lipinski definition) is 0. The molecule has 0 N–H and O–H groups in total. The van der Waals surface area contributed by atoms with Crippen molar-refractivity contribution < 1.29 is 140 Å². The van der Waals surface area contributed by atoms with Crippen molar-refractivity contribution in [1.82, 2.24) is 0 Å². The second-order valence-corrected chi connectivity index (χ2v) is 9.21. The van der Waals surface area contributed by atoms with Crippen LogP contribution in [0.3, 0.4) is 0 Å². The third-order valence-electron chi connectivity index (χ3n) is 6.47. The topological polar surface area (TPSA) is 0 Å². The third-order valence-corrected chi connectivity index (χ3v) is 6.47. The van der Waals surface area contributed by atoms with E-state index in [1.807, 2.05) is 0 Å². The summed E-state index contributed by atoms with van der Waals surface area (Å²) in [6, 6.07) is 0. The molecule has 0 radical (unpaired) electrons. The molecule has 0 bridgehead atoms. The Kier molecular flexibility index (Phi) is 8.89. The van der Waals surface area contributed by atoms with Gasteiger partial charge in [0.25, 0.3) is 11.3 Å². The van der Waals surface area contributed by atoms with E-state index < -0.39 is 94.8 Å². The minimum atomic E-state index is -8.64. The maximum absolute atomic E-state index is 14.2. The van der Waals surface area contributed by atoms with E-state index >= 15 is 0 Å². The van der Waals surface area contributed by atoms with Gasteiger partial charge >= 0.3 is 83.4 Å². The van der Waals surface area contributed by atoms with Crippen molar-refractivity contribution >= 4 is 0 Å². The second-order valence-electron chi connectivity index (χ2n) is 9.21. The zero-order valence-electron chi connectivity index (χ0n) is 20.1. The Balaban J connectivity index is 0.000000511. The quantitative estimate of drug-likeness (QED) is 0.250. The first-order chi connectivity index (χ1) is 20.0. The molecule has 32 heteroatoms. The number of alkyl halides is 32. The molecule has 0 saturated heterocycles. The van der Waals surface area contributed by atoms with Gasteiger partial charge in [-0.2, -0.15) is 132 Å². The highest BCUT2D eigenvalue weighted by Crippen LogP contribution is 2.81. The molecular weight excluding hydrogens is 800 g/mol. The number of fused-ring (bicyclic) bond motifs is 1. The van der Waals surface area contributed by atoms with E-state index in [1.54, 1.807) is 0 Å². The lowest BCUT2D eigenvalue weighted by molar-refractivity contribution is -0.560. The van der Waals surface area contributed by atoms with Gasteiger partial charge in [0.2, 0.25) is 0 Å². The SMILES string of the molecule is FC(F)(F)C(F)(F)C(F)(F)C(F)(F)C(F)(F)C(F)(F)F.FC1(F)C(F)(F)C(F)(F)C2(F)C(F)(F)C(F)(F)C(F)(F)C(F)(F)C2(F)C1(F)F. The summed E-state index contributed by atoms with van der Waals surface area (Å²) >= 11 is 0. The van der Waals surface area contributed by atoms with Crippen molar-refractivity contribution in [3.8, 4) is 0 Å². The van der Waals surface area contributed by atoms with Crippen molar-refractivity contribution in [3.05, 3.63) is 0 Å². The number of hydrogen-bond donors (Lipinski definition) is 0. The van der Waals surface area contributed by atoms with Gasteiger partial charge < -0.3 is 0 Å². The van der Waals surface area contributed by atoms with Crippen LogP contribution in [-0.2, 0) is 0 Å². The molecule has 0 atom stereocenters. The van der Waals surface area contributed by atoms with Gasteiger partial charge in [-0.05, 0) is 0 Å². The van der Waals surface area contributed by atoms with E-state index in [4.69, 9.17) is 0 Å². The molecule has 48 heavy (non-hydrogen) atoms. The fraction of sp³-hybridized carbons (Fsp3) is 1.00. The fourth-order valence-electron chi connectivity index (χ4n) is 3.66. The van der Waals surface area contributed by atoms with Crippen LogP contribution in [0.25, 0.3) is 0 Å². The van der Waals surface area contributed by atoms with E-state index in [0.717, 1.165) is 0 Å². The molecule has 0 aromatic rings. The van der Waals surface area contributed by atoms with Crippen LogP contribution < -0.4 is 0 Å². The Bertz CT molecular complexity index is 1090. The molecule has 2 rings (SSSR count). The minimum Gasteiger partial charge on any atom is -0.226 e. The first-order valence-electron chi connectivity index (χ1n) is 10.0. The van der Waals surface area contributed by atoms with Gasteiger partial charge in [0.15, 0.2) is 0 Å². The maximum atomic E-state index is 14.2. The Hall–Kier alpha value is -2.24. The zero-order valence-corrected chi connectivity index (χ0v) is 20.1. The summed E-state index contributed by atoms with van der Waals surface area (Å²) in [5.41, 5.74) is -17.3. The summed E-state index contributed by atoms with van der Waals surface area (Å²) in [4.78, 5) is 0. The van der Waals surface area contributed by atoms with Crippen LogP contribution in [-0.4, -0.2) is 94.8 Å². The second kappa shape index (κ2) is 9.75. The summed E-state index contributed by atoms with van der Waals surface area (Å²) in [6.45, 7) is 0. The summed E-state index contributed by atoms with van der Waals surface area (Å²) in [5.74, 6) is -98.6. The molecule has 0 spiro atoms. The van der Waals surface area contributed by atoms with Gasteiger partial charge in [-0.25, -0.2) is 8.78 Å². The molecule has 0 aromatic heterocycles. The Morgan fingerprint density at radius 2 is 0.312 bits per heavy atom. The van der Waals surface area contributed by atoms with Crippen LogP contribution in [0.2, 0.25) is 0 Å². The highest BCUT2D eigenvalue weighted by molar-refractivity contribution is 5.42. The lowest BCUT2D eigenvalue weighted by atomic mass is 9.54. The summed E-state index contributed by atoms with van der Waals surface area (Å²) in [7, 11) is 0. The van der Waals surface area contributed by atoms with Gasteiger partial charge in [-0.1, -0.05) is 0 Å². The predicted octanol–water partition coefficient (Wildman–Crippen LogP) is 10.2. The predicted molar refractivity (Wildman–Crippen MR) is 79.2 cm³/mol. The molecule has 2 saturated carbocycles. The maximum Gasteiger partial charge on any atom is 0.460 e. The van der Waals surface area contributed by atoms with E-state index in [9.17, 15) is 140 Å². The standard InChI is InChI=1S/C10F18.C6F14/c11-1-2(12,5(17,18)9(25,26)7(21,22)3(1,13)14)6(19,20)10(27,28)8(23,24)4(1,15)16;7-1(8,3(11,12)5(15,16)17)2(9,10)4(13,14)6(18,19)20. The third kappa shape index (κ3) is 3.98. The van der Waals surface area contributed by atoms with Crippen LogP contribution in [0.5, 0.6) is 0 Å².